The summed E-state index contributed by atoms with van der Waals surface area (Å²) < 4.78 is 0. The molecule has 2 rings (SSSR count). The number of carbonyl (C=O) groups is 1. The Morgan fingerprint density at radius 1 is 0.931 bits per heavy atom. The highest BCUT2D eigenvalue weighted by atomic mass is 32.2. The van der Waals surface area contributed by atoms with E-state index in [1.807, 2.05) is 32.9 Å². The van der Waals surface area contributed by atoms with Crippen LogP contribution in [0, 0.1) is 13.8 Å². The monoisotopic (exact) mass is 408 g/mol. The fourth-order valence-electron chi connectivity index (χ4n) is 2.37. The maximum atomic E-state index is 11.6. The zero-order chi connectivity index (χ0) is 22.0. The van der Waals surface area contributed by atoms with Crippen LogP contribution in [0.15, 0.2) is 65.1 Å². The molecule has 29 heavy (non-hydrogen) atoms. The van der Waals surface area contributed by atoms with Gasteiger partial charge >= 0.3 is 0 Å². The van der Waals surface area contributed by atoms with E-state index in [0.717, 1.165) is 22.4 Å². The number of nitrogens with zero attached hydrogens (tertiary/aromatic N) is 2. The molecule has 0 aliphatic rings. The SMILES string of the molecule is C=C(/C(=N\C(=NC)SC(C)C(C)=O)c1ccc(C)cc1)c1ccc(C)cc1.CC. The van der Waals surface area contributed by atoms with Crippen molar-refractivity contribution in [2.75, 3.05) is 7.05 Å². The van der Waals surface area contributed by atoms with Gasteiger partial charge in [-0.3, -0.25) is 9.79 Å². The van der Waals surface area contributed by atoms with E-state index in [0.29, 0.717) is 5.17 Å². The minimum Gasteiger partial charge on any atom is -0.299 e. The number of Topliss-reactive ketones (excluding diaryl/α,β-unsaturated/α-hetero) is 1. The molecule has 0 amide bonds. The van der Waals surface area contributed by atoms with Crippen molar-refractivity contribution in [1.82, 2.24) is 0 Å². The van der Waals surface area contributed by atoms with Gasteiger partial charge in [-0.15, -0.1) is 0 Å². The van der Waals surface area contributed by atoms with E-state index >= 15 is 0 Å². The van der Waals surface area contributed by atoms with E-state index in [9.17, 15) is 4.79 Å². The third-order valence-corrected chi connectivity index (χ3v) is 5.43. The number of aryl methyl sites for hydroxylation is 2. The lowest BCUT2D eigenvalue weighted by atomic mass is 9.96. The topological polar surface area (TPSA) is 41.8 Å². The molecule has 3 nitrogen and oxygen atoms in total. The van der Waals surface area contributed by atoms with Crippen LogP contribution in [0.25, 0.3) is 5.57 Å². The van der Waals surface area contributed by atoms with E-state index in [1.165, 1.54) is 22.9 Å². The molecule has 2 aromatic rings. The number of amidine groups is 1. The average Bonchev–Trinajstić information content (AvgIpc) is 2.73. The summed E-state index contributed by atoms with van der Waals surface area (Å²) in [4.78, 5) is 20.7. The van der Waals surface area contributed by atoms with Crippen molar-refractivity contribution in [3.8, 4) is 0 Å². The average molecular weight is 409 g/mol. The van der Waals surface area contributed by atoms with E-state index in [4.69, 9.17) is 4.99 Å². The molecule has 0 aromatic heterocycles. The van der Waals surface area contributed by atoms with Crippen molar-refractivity contribution in [3.63, 3.8) is 0 Å². The molecule has 0 radical (unpaired) electrons. The maximum absolute atomic E-state index is 11.6. The second-order valence-electron chi connectivity index (χ2n) is 6.55. The zero-order valence-electron chi connectivity index (χ0n) is 18.6. The smallest absolute Gasteiger partial charge is 0.183 e. The predicted octanol–water partition coefficient (Wildman–Crippen LogP) is 6.53. The predicted molar refractivity (Wildman–Crippen MR) is 130 cm³/mol. The Labute approximate surface area is 180 Å². The summed E-state index contributed by atoms with van der Waals surface area (Å²) >= 11 is 1.37. The van der Waals surface area contributed by atoms with Crippen LogP contribution in [0.2, 0.25) is 0 Å². The van der Waals surface area contributed by atoms with Gasteiger partial charge in [-0.1, -0.05) is 91.8 Å². The summed E-state index contributed by atoms with van der Waals surface area (Å²) in [6, 6.07) is 16.4. The van der Waals surface area contributed by atoms with Crippen LogP contribution < -0.4 is 0 Å². The third kappa shape index (κ3) is 7.47. The van der Waals surface area contributed by atoms with E-state index in [2.05, 4.69) is 61.8 Å². The number of allylic oxidation sites excluding steroid dienone is 1. The van der Waals surface area contributed by atoms with E-state index < -0.39 is 0 Å². The molecule has 0 heterocycles. The number of rotatable bonds is 5. The molecule has 0 aliphatic heterocycles. The first kappa shape index (κ1) is 24.6. The fraction of sp³-hybridized carbons (Fsp3) is 0.320. The Kier molecular flexibility index (Phi) is 10.3. The molecule has 0 saturated carbocycles. The first-order valence-corrected chi connectivity index (χ1v) is 10.8. The molecule has 0 aliphatic carbocycles. The maximum Gasteiger partial charge on any atom is 0.183 e. The molecule has 154 valence electrons. The minimum absolute atomic E-state index is 0.102. The zero-order valence-corrected chi connectivity index (χ0v) is 19.4. The van der Waals surface area contributed by atoms with Crippen LogP contribution >= 0.6 is 11.8 Å². The van der Waals surface area contributed by atoms with Crippen molar-refractivity contribution in [2.24, 2.45) is 9.98 Å². The molecule has 0 fully saturated rings. The van der Waals surface area contributed by atoms with Crippen molar-refractivity contribution >= 4 is 34.0 Å². The van der Waals surface area contributed by atoms with Crippen molar-refractivity contribution in [3.05, 3.63) is 77.4 Å². The Morgan fingerprint density at radius 3 is 1.79 bits per heavy atom. The number of thioether (sulfide) groups is 1. The minimum atomic E-state index is -0.195. The molecule has 1 atom stereocenters. The molecule has 0 N–H and O–H groups in total. The van der Waals surface area contributed by atoms with Gasteiger partial charge in [-0.05, 0) is 33.3 Å². The van der Waals surface area contributed by atoms with Crippen LogP contribution in [-0.2, 0) is 4.79 Å². The van der Waals surface area contributed by atoms with Crippen molar-refractivity contribution in [1.29, 1.82) is 0 Å². The number of hydrogen-bond donors (Lipinski definition) is 0. The summed E-state index contributed by atoms with van der Waals surface area (Å²) in [7, 11) is 1.69. The summed E-state index contributed by atoms with van der Waals surface area (Å²) in [6.07, 6.45) is 0. The molecular weight excluding hydrogens is 376 g/mol. The van der Waals surface area contributed by atoms with Gasteiger partial charge in [-0.2, -0.15) is 0 Å². The highest BCUT2D eigenvalue weighted by Gasteiger charge is 2.16. The molecule has 2 aromatic carbocycles. The Morgan fingerprint density at radius 2 is 1.38 bits per heavy atom. The van der Waals surface area contributed by atoms with Gasteiger partial charge in [0.2, 0.25) is 0 Å². The van der Waals surface area contributed by atoms with Gasteiger partial charge < -0.3 is 0 Å². The van der Waals surface area contributed by atoms with Crippen molar-refractivity contribution in [2.45, 2.75) is 46.8 Å². The standard InChI is InChI=1S/C23H26N2OS.C2H6/c1-15-7-11-20(12-8-15)17(3)22(21-13-9-16(2)10-14-21)25-23(24-6)27-19(5)18(4)26;1-2/h7-14,19H,3H2,1-2,4-6H3;1-2H3/b24-23?,25-22+;. The first-order chi connectivity index (χ1) is 13.8. The van der Waals surface area contributed by atoms with Crippen LogP contribution in [0.1, 0.15) is 49.9 Å². The largest absolute Gasteiger partial charge is 0.299 e. The first-order valence-electron chi connectivity index (χ1n) is 9.87. The number of hydrogen-bond acceptors (Lipinski definition) is 3. The van der Waals surface area contributed by atoms with Crippen LogP contribution in [0.4, 0.5) is 0 Å². The lowest BCUT2D eigenvalue weighted by Crippen LogP contribution is -2.13. The molecule has 4 heteroatoms. The van der Waals surface area contributed by atoms with Gasteiger partial charge in [0.15, 0.2) is 5.17 Å². The Bertz CT molecular complexity index is 878. The molecule has 0 saturated heterocycles. The van der Waals surface area contributed by atoms with Gasteiger partial charge in [0, 0.05) is 18.2 Å². The van der Waals surface area contributed by atoms with Gasteiger partial charge in [0.25, 0.3) is 0 Å². The van der Waals surface area contributed by atoms with E-state index in [-0.39, 0.29) is 11.0 Å². The number of ketones is 1. The summed E-state index contributed by atoms with van der Waals surface area (Å²) in [5.41, 5.74) is 5.97. The molecule has 0 spiro atoms. The highest BCUT2D eigenvalue weighted by Crippen LogP contribution is 2.23. The quantitative estimate of drug-likeness (QED) is 0.417. The fourth-order valence-corrected chi connectivity index (χ4v) is 3.11. The van der Waals surface area contributed by atoms with E-state index in [1.54, 1.807) is 14.0 Å². The second-order valence-corrected chi connectivity index (χ2v) is 7.86. The molecular formula is C25H32N2OS. The number of aliphatic imine (C=N–C) groups is 2. The third-order valence-electron chi connectivity index (χ3n) is 4.26. The van der Waals surface area contributed by atoms with Gasteiger partial charge in [-0.25, -0.2) is 4.99 Å². The molecule has 0 bridgehead atoms. The van der Waals surface area contributed by atoms with Crippen LogP contribution in [-0.4, -0.2) is 29.0 Å². The lowest BCUT2D eigenvalue weighted by Gasteiger charge is -2.13. The summed E-state index contributed by atoms with van der Waals surface area (Å²) in [5.74, 6) is 0.102. The van der Waals surface area contributed by atoms with Crippen LogP contribution in [0.5, 0.6) is 0 Å². The number of carbonyl (C=O) groups excluding carboxylic acids is 1. The summed E-state index contributed by atoms with van der Waals surface area (Å²) in [6.45, 7) is 15.9. The van der Waals surface area contributed by atoms with Gasteiger partial charge in [0.1, 0.15) is 5.78 Å². The lowest BCUT2D eigenvalue weighted by molar-refractivity contribution is -0.116. The normalized spacial score (nSPS) is 12.7. The second kappa shape index (κ2) is 12.2. The Hall–Kier alpha value is -2.46. The Balaban J connectivity index is 0.00000204. The molecule has 1 unspecified atom stereocenters. The van der Waals surface area contributed by atoms with Crippen molar-refractivity contribution < 1.29 is 4.79 Å². The highest BCUT2D eigenvalue weighted by molar-refractivity contribution is 8.15. The summed E-state index contributed by atoms with van der Waals surface area (Å²) in [5, 5.41) is 0.376. The van der Waals surface area contributed by atoms with Gasteiger partial charge in [0.05, 0.1) is 11.0 Å². The van der Waals surface area contributed by atoms with Crippen LogP contribution in [0.3, 0.4) is 0 Å². The number of benzene rings is 2.